The van der Waals surface area contributed by atoms with Gasteiger partial charge in [0, 0.05) is 6.04 Å². The number of nitrogens with one attached hydrogen (secondary N) is 1. The Bertz CT molecular complexity index is 666. The quantitative estimate of drug-likeness (QED) is 0.821. The van der Waals surface area contributed by atoms with Gasteiger partial charge in [0.1, 0.15) is 5.75 Å². The Morgan fingerprint density at radius 2 is 1.81 bits per heavy atom. The zero-order valence-corrected chi connectivity index (χ0v) is 16.7. The molecule has 1 amide bonds. The number of hydrogen-bond donors (Lipinski definition) is 1. The van der Waals surface area contributed by atoms with Crippen LogP contribution in [0.2, 0.25) is 0 Å². The highest BCUT2D eigenvalue weighted by atomic mass is 16.7. The van der Waals surface area contributed by atoms with Crippen molar-refractivity contribution >= 4 is 18.5 Å². The lowest BCUT2D eigenvalue weighted by Gasteiger charge is -2.32. The maximum Gasteiger partial charge on any atom is 0.494 e. The molecule has 0 spiro atoms. The minimum atomic E-state index is -0.497. The van der Waals surface area contributed by atoms with Crippen LogP contribution in [0.3, 0.4) is 0 Å². The van der Waals surface area contributed by atoms with Gasteiger partial charge in [0.05, 0.1) is 22.9 Å². The van der Waals surface area contributed by atoms with Crippen LogP contribution in [-0.4, -0.2) is 36.4 Å². The molecule has 1 N–H and O–H groups in total. The SMILES string of the molecule is CC(C)Oc1ccc(B2OC(C)(C)C(C)(C)O2)cc1C(=O)NC1CCC1. The molecule has 1 aromatic carbocycles. The molecular formula is C20H30BNO4. The molecule has 1 heterocycles. The number of rotatable bonds is 5. The average molecular weight is 359 g/mol. The van der Waals surface area contributed by atoms with E-state index in [4.69, 9.17) is 14.0 Å². The van der Waals surface area contributed by atoms with Crippen molar-refractivity contribution < 1.29 is 18.8 Å². The molecule has 2 aliphatic rings. The summed E-state index contributed by atoms with van der Waals surface area (Å²) in [6.45, 7) is 12.0. The van der Waals surface area contributed by atoms with E-state index >= 15 is 0 Å². The van der Waals surface area contributed by atoms with E-state index in [9.17, 15) is 4.79 Å². The largest absolute Gasteiger partial charge is 0.494 e. The number of carbonyl (C=O) groups excluding carboxylic acids is 1. The smallest absolute Gasteiger partial charge is 0.490 e. The standard InChI is InChI=1S/C20H30BNO4/c1-13(2)24-17-11-10-14(21-25-19(3,4)20(5,6)26-21)12-16(17)18(23)22-15-8-7-9-15/h10-13,15H,7-9H2,1-6H3,(H,22,23). The van der Waals surface area contributed by atoms with Crippen LogP contribution in [0.1, 0.15) is 71.2 Å². The fourth-order valence-corrected chi connectivity index (χ4v) is 3.02. The number of carbonyl (C=O) groups is 1. The highest BCUT2D eigenvalue weighted by Crippen LogP contribution is 2.36. The summed E-state index contributed by atoms with van der Waals surface area (Å²) < 4.78 is 18.1. The van der Waals surface area contributed by atoms with E-state index in [1.807, 2.05) is 59.7 Å². The van der Waals surface area contributed by atoms with Crippen molar-refractivity contribution in [2.24, 2.45) is 0 Å². The first kappa shape index (κ1) is 19.2. The van der Waals surface area contributed by atoms with Gasteiger partial charge in [0.15, 0.2) is 0 Å². The maximum atomic E-state index is 12.8. The van der Waals surface area contributed by atoms with E-state index in [2.05, 4.69) is 5.32 Å². The van der Waals surface area contributed by atoms with E-state index in [0.717, 1.165) is 18.3 Å². The Labute approximate surface area is 156 Å². The van der Waals surface area contributed by atoms with Crippen molar-refractivity contribution in [3.63, 3.8) is 0 Å². The molecule has 1 saturated heterocycles. The van der Waals surface area contributed by atoms with E-state index in [1.165, 1.54) is 6.42 Å². The second kappa shape index (κ2) is 6.89. The Morgan fingerprint density at radius 3 is 2.31 bits per heavy atom. The topological polar surface area (TPSA) is 56.8 Å². The Hall–Kier alpha value is -1.53. The lowest BCUT2D eigenvalue weighted by molar-refractivity contribution is 0.00578. The highest BCUT2D eigenvalue weighted by Gasteiger charge is 2.51. The molecule has 26 heavy (non-hydrogen) atoms. The molecule has 0 aromatic heterocycles. The number of benzene rings is 1. The second-order valence-electron chi connectivity index (χ2n) is 8.61. The molecule has 3 rings (SSSR count). The van der Waals surface area contributed by atoms with E-state index in [1.54, 1.807) is 0 Å². The molecule has 0 atom stereocenters. The van der Waals surface area contributed by atoms with Crippen molar-refractivity contribution in [1.82, 2.24) is 5.32 Å². The Morgan fingerprint density at radius 1 is 1.19 bits per heavy atom. The summed E-state index contributed by atoms with van der Waals surface area (Å²) in [5.74, 6) is 0.501. The van der Waals surface area contributed by atoms with Crippen molar-refractivity contribution in [1.29, 1.82) is 0 Å². The first-order valence-corrected chi connectivity index (χ1v) is 9.56. The summed E-state index contributed by atoms with van der Waals surface area (Å²) in [6.07, 6.45) is 3.26. The lowest BCUT2D eigenvalue weighted by Crippen LogP contribution is -2.41. The predicted molar refractivity (Wildman–Crippen MR) is 103 cm³/mol. The van der Waals surface area contributed by atoms with Crippen LogP contribution in [0.4, 0.5) is 0 Å². The summed E-state index contributed by atoms with van der Waals surface area (Å²) in [4.78, 5) is 12.8. The second-order valence-corrected chi connectivity index (χ2v) is 8.61. The molecule has 142 valence electrons. The maximum absolute atomic E-state index is 12.8. The minimum absolute atomic E-state index is 0.00653. The molecule has 6 heteroatoms. The van der Waals surface area contributed by atoms with Gasteiger partial charge in [0.2, 0.25) is 0 Å². The van der Waals surface area contributed by atoms with Gasteiger partial charge in [-0.05, 0) is 78.4 Å². The third-order valence-electron chi connectivity index (χ3n) is 5.58. The van der Waals surface area contributed by atoms with Crippen molar-refractivity contribution in [3.05, 3.63) is 23.8 Å². The predicted octanol–water partition coefficient (Wildman–Crippen LogP) is 3.06. The van der Waals surface area contributed by atoms with Gasteiger partial charge in [-0.1, -0.05) is 6.07 Å². The van der Waals surface area contributed by atoms with Gasteiger partial charge >= 0.3 is 7.12 Å². The van der Waals surface area contributed by atoms with Gasteiger partial charge in [0.25, 0.3) is 5.91 Å². The van der Waals surface area contributed by atoms with E-state index in [-0.39, 0.29) is 18.1 Å². The highest BCUT2D eigenvalue weighted by molar-refractivity contribution is 6.62. The zero-order chi connectivity index (χ0) is 19.1. The minimum Gasteiger partial charge on any atom is -0.490 e. The summed E-state index contributed by atoms with van der Waals surface area (Å²) >= 11 is 0. The van der Waals surface area contributed by atoms with Crippen molar-refractivity contribution in [2.75, 3.05) is 0 Å². The van der Waals surface area contributed by atoms with Crippen LogP contribution < -0.4 is 15.5 Å². The van der Waals surface area contributed by atoms with Gasteiger partial charge in [-0.25, -0.2) is 0 Å². The molecule has 1 aromatic rings. The van der Waals surface area contributed by atoms with Crippen molar-refractivity contribution in [3.8, 4) is 5.75 Å². The van der Waals surface area contributed by atoms with Crippen LogP contribution >= 0.6 is 0 Å². The molecular weight excluding hydrogens is 329 g/mol. The molecule has 2 fully saturated rings. The summed E-state index contributed by atoms with van der Waals surface area (Å²) in [5.41, 5.74) is 0.537. The van der Waals surface area contributed by atoms with Crippen LogP contribution in [-0.2, 0) is 9.31 Å². The first-order chi connectivity index (χ1) is 12.1. The van der Waals surface area contributed by atoms with Gasteiger partial charge in [-0.2, -0.15) is 0 Å². The molecule has 0 radical (unpaired) electrons. The zero-order valence-electron chi connectivity index (χ0n) is 16.7. The van der Waals surface area contributed by atoms with Gasteiger partial charge < -0.3 is 19.4 Å². The fraction of sp³-hybridized carbons (Fsp3) is 0.650. The Balaban J connectivity index is 1.88. The van der Waals surface area contributed by atoms with Crippen LogP contribution in [0.5, 0.6) is 5.75 Å². The van der Waals surface area contributed by atoms with Crippen LogP contribution in [0.15, 0.2) is 18.2 Å². The normalized spacial score (nSPS) is 21.6. The van der Waals surface area contributed by atoms with Crippen LogP contribution in [0, 0.1) is 0 Å². The summed E-state index contributed by atoms with van der Waals surface area (Å²) in [5, 5.41) is 3.10. The molecule has 0 bridgehead atoms. The molecule has 1 aliphatic carbocycles. The molecule has 1 aliphatic heterocycles. The van der Waals surface area contributed by atoms with E-state index in [0.29, 0.717) is 11.3 Å². The van der Waals surface area contributed by atoms with Gasteiger partial charge in [-0.3, -0.25) is 4.79 Å². The monoisotopic (exact) mass is 359 g/mol. The Kier molecular flexibility index (Phi) is 5.10. The molecule has 5 nitrogen and oxygen atoms in total. The average Bonchev–Trinajstić information content (AvgIpc) is 2.71. The first-order valence-electron chi connectivity index (χ1n) is 9.56. The van der Waals surface area contributed by atoms with Crippen LogP contribution in [0.25, 0.3) is 0 Å². The fourth-order valence-electron chi connectivity index (χ4n) is 3.02. The third kappa shape index (κ3) is 3.76. The molecule has 1 saturated carbocycles. The van der Waals surface area contributed by atoms with Gasteiger partial charge in [-0.15, -0.1) is 0 Å². The number of hydrogen-bond acceptors (Lipinski definition) is 4. The summed E-state index contributed by atoms with van der Waals surface area (Å²) in [7, 11) is -0.497. The van der Waals surface area contributed by atoms with E-state index < -0.39 is 18.3 Å². The molecule has 0 unspecified atom stereocenters. The number of ether oxygens (including phenoxy) is 1. The van der Waals surface area contributed by atoms with Crippen molar-refractivity contribution in [2.45, 2.75) is 84.2 Å². The summed E-state index contributed by atoms with van der Waals surface area (Å²) in [6, 6.07) is 5.87. The third-order valence-corrected chi connectivity index (χ3v) is 5.58. The number of amides is 1. The lowest BCUT2D eigenvalue weighted by atomic mass is 9.78.